The number of carbonyl (C=O) groups excluding carboxylic acids is 1. The van der Waals surface area contributed by atoms with Crippen LogP contribution in [0, 0.1) is 5.92 Å². The Morgan fingerprint density at radius 3 is 2.60 bits per heavy atom. The van der Waals surface area contributed by atoms with Crippen molar-refractivity contribution < 1.29 is 4.79 Å². The van der Waals surface area contributed by atoms with E-state index >= 15 is 0 Å². The topological polar surface area (TPSA) is 32.3 Å². The van der Waals surface area contributed by atoms with Gasteiger partial charge in [-0.15, -0.1) is 0 Å². The molecule has 1 heterocycles. The van der Waals surface area contributed by atoms with E-state index in [1.165, 1.54) is 12.8 Å². The first-order chi connectivity index (χ1) is 7.13. The van der Waals surface area contributed by atoms with Gasteiger partial charge in [0.25, 0.3) is 0 Å². The van der Waals surface area contributed by atoms with Gasteiger partial charge in [0.1, 0.15) is 0 Å². The number of hydrogen-bond acceptors (Lipinski definition) is 2. The minimum absolute atomic E-state index is 0.0792. The highest BCUT2D eigenvalue weighted by Gasteiger charge is 2.45. The van der Waals surface area contributed by atoms with Crippen LogP contribution in [0.15, 0.2) is 0 Å². The summed E-state index contributed by atoms with van der Waals surface area (Å²) < 4.78 is 0. The minimum Gasteiger partial charge on any atom is -0.323 e. The standard InChI is InChI=1S/C12H22N2O/c1-4-11-13-10(7-8(2)3)12(15)14(11)9-5-6-9/h8-11,13H,4-7H2,1-3H3. The minimum atomic E-state index is 0.0792. The summed E-state index contributed by atoms with van der Waals surface area (Å²) in [6, 6.07) is 0.627. The zero-order valence-corrected chi connectivity index (χ0v) is 9.99. The van der Waals surface area contributed by atoms with Crippen LogP contribution >= 0.6 is 0 Å². The van der Waals surface area contributed by atoms with Crippen molar-refractivity contribution in [1.82, 2.24) is 10.2 Å². The molecule has 2 aliphatic rings. The second kappa shape index (κ2) is 4.12. The largest absolute Gasteiger partial charge is 0.323 e. The fraction of sp³-hybridized carbons (Fsp3) is 0.917. The van der Waals surface area contributed by atoms with Crippen LogP contribution in [0.4, 0.5) is 0 Å². The molecule has 1 amide bonds. The lowest BCUT2D eigenvalue weighted by Crippen LogP contribution is -2.38. The van der Waals surface area contributed by atoms with Crippen molar-refractivity contribution in [2.24, 2.45) is 5.92 Å². The summed E-state index contributed by atoms with van der Waals surface area (Å²) in [7, 11) is 0. The van der Waals surface area contributed by atoms with Crippen molar-refractivity contribution in [3.63, 3.8) is 0 Å². The molecular formula is C12H22N2O. The van der Waals surface area contributed by atoms with Crippen LogP contribution in [0.2, 0.25) is 0 Å². The summed E-state index contributed by atoms with van der Waals surface area (Å²) in [4.78, 5) is 14.3. The molecule has 1 aliphatic heterocycles. The lowest BCUT2D eigenvalue weighted by atomic mass is 10.0. The molecule has 0 radical (unpaired) electrons. The first-order valence-electron chi connectivity index (χ1n) is 6.21. The van der Waals surface area contributed by atoms with E-state index in [1.54, 1.807) is 0 Å². The van der Waals surface area contributed by atoms with E-state index in [2.05, 4.69) is 31.0 Å². The van der Waals surface area contributed by atoms with Gasteiger partial charge < -0.3 is 4.90 Å². The number of amides is 1. The highest BCUT2D eigenvalue weighted by Crippen LogP contribution is 2.33. The summed E-state index contributed by atoms with van der Waals surface area (Å²) in [5.74, 6) is 0.932. The summed E-state index contributed by atoms with van der Waals surface area (Å²) in [6.07, 6.45) is 4.71. The van der Waals surface area contributed by atoms with Crippen molar-refractivity contribution >= 4 is 5.91 Å². The maximum atomic E-state index is 12.2. The van der Waals surface area contributed by atoms with E-state index in [4.69, 9.17) is 0 Å². The predicted molar refractivity (Wildman–Crippen MR) is 60.3 cm³/mol. The molecular weight excluding hydrogens is 188 g/mol. The molecule has 1 aliphatic carbocycles. The number of rotatable bonds is 4. The summed E-state index contributed by atoms with van der Waals surface area (Å²) in [5.41, 5.74) is 0. The number of hydrogen-bond donors (Lipinski definition) is 1. The van der Waals surface area contributed by atoms with Gasteiger partial charge in [-0.25, -0.2) is 0 Å². The Hall–Kier alpha value is -0.570. The van der Waals surface area contributed by atoms with Crippen LogP contribution in [0.25, 0.3) is 0 Å². The molecule has 1 N–H and O–H groups in total. The van der Waals surface area contributed by atoms with Gasteiger partial charge >= 0.3 is 0 Å². The Bertz CT molecular complexity index is 248. The van der Waals surface area contributed by atoms with Crippen molar-refractivity contribution in [3.8, 4) is 0 Å². The van der Waals surface area contributed by atoms with Gasteiger partial charge in [0.15, 0.2) is 0 Å². The molecule has 0 aromatic carbocycles. The fourth-order valence-electron chi connectivity index (χ4n) is 2.46. The van der Waals surface area contributed by atoms with Crippen LogP contribution < -0.4 is 5.32 Å². The summed E-state index contributed by atoms with van der Waals surface area (Å²) in [5, 5.41) is 3.47. The maximum Gasteiger partial charge on any atom is 0.241 e. The number of nitrogens with one attached hydrogen (secondary N) is 1. The second-order valence-electron chi connectivity index (χ2n) is 5.25. The molecule has 2 atom stereocenters. The van der Waals surface area contributed by atoms with Gasteiger partial charge in [0.2, 0.25) is 5.91 Å². The van der Waals surface area contributed by atoms with Gasteiger partial charge in [-0.05, 0) is 31.6 Å². The van der Waals surface area contributed by atoms with Crippen LogP contribution in [0.3, 0.4) is 0 Å². The Balaban J connectivity index is 2.02. The quantitative estimate of drug-likeness (QED) is 0.766. The number of nitrogens with zero attached hydrogens (tertiary/aromatic N) is 1. The Kier molecular flexibility index (Phi) is 3.01. The molecule has 0 aromatic rings. The van der Waals surface area contributed by atoms with E-state index in [1.807, 2.05) is 0 Å². The summed E-state index contributed by atoms with van der Waals surface area (Å²) >= 11 is 0. The third-order valence-corrected chi connectivity index (χ3v) is 3.32. The molecule has 3 nitrogen and oxygen atoms in total. The molecule has 0 bridgehead atoms. The molecule has 0 aromatic heterocycles. The highest BCUT2D eigenvalue weighted by atomic mass is 16.2. The molecule has 3 heteroatoms. The second-order valence-corrected chi connectivity index (χ2v) is 5.25. The molecule has 2 rings (SSSR count). The molecule has 1 saturated heterocycles. The highest BCUT2D eigenvalue weighted by molar-refractivity contribution is 5.84. The van der Waals surface area contributed by atoms with Crippen molar-refractivity contribution in [2.45, 2.75) is 64.7 Å². The van der Waals surface area contributed by atoms with Crippen LogP contribution in [-0.4, -0.2) is 29.1 Å². The van der Waals surface area contributed by atoms with Crippen LogP contribution in [0.5, 0.6) is 0 Å². The average molecular weight is 210 g/mol. The molecule has 2 fully saturated rings. The van der Waals surface area contributed by atoms with Crippen molar-refractivity contribution in [3.05, 3.63) is 0 Å². The van der Waals surface area contributed by atoms with E-state index in [0.29, 0.717) is 24.0 Å². The Labute approximate surface area is 92.2 Å². The average Bonchev–Trinajstić information content (AvgIpc) is 2.94. The first kappa shape index (κ1) is 10.9. The fourth-order valence-corrected chi connectivity index (χ4v) is 2.46. The third-order valence-electron chi connectivity index (χ3n) is 3.32. The summed E-state index contributed by atoms with van der Waals surface area (Å²) in [6.45, 7) is 6.50. The normalized spacial score (nSPS) is 31.7. The molecule has 86 valence electrons. The maximum absolute atomic E-state index is 12.2. The van der Waals surface area contributed by atoms with Crippen LogP contribution in [-0.2, 0) is 4.79 Å². The van der Waals surface area contributed by atoms with Crippen molar-refractivity contribution in [2.75, 3.05) is 0 Å². The molecule has 2 unspecified atom stereocenters. The third kappa shape index (κ3) is 2.17. The van der Waals surface area contributed by atoms with E-state index in [9.17, 15) is 4.79 Å². The molecule has 15 heavy (non-hydrogen) atoms. The number of carbonyl (C=O) groups is 1. The van der Waals surface area contributed by atoms with Gasteiger partial charge in [0, 0.05) is 6.04 Å². The monoisotopic (exact) mass is 210 g/mol. The smallest absolute Gasteiger partial charge is 0.241 e. The zero-order valence-electron chi connectivity index (χ0n) is 9.99. The Morgan fingerprint density at radius 1 is 1.47 bits per heavy atom. The van der Waals surface area contributed by atoms with E-state index < -0.39 is 0 Å². The van der Waals surface area contributed by atoms with E-state index in [0.717, 1.165) is 12.8 Å². The zero-order chi connectivity index (χ0) is 11.0. The first-order valence-corrected chi connectivity index (χ1v) is 6.21. The predicted octanol–water partition coefficient (Wildman–Crippen LogP) is 1.73. The lowest BCUT2D eigenvalue weighted by Gasteiger charge is -2.22. The Morgan fingerprint density at radius 2 is 2.13 bits per heavy atom. The van der Waals surface area contributed by atoms with Gasteiger partial charge in [-0.2, -0.15) is 0 Å². The van der Waals surface area contributed by atoms with Gasteiger partial charge in [-0.3, -0.25) is 10.1 Å². The lowest BCUT2D eigenvalue weighted by molar-refractivity contribution is -0.130. The van der Waals surface area contributed by atoms with Gasteiger partial charge in [-0.1, -0.05) is 20.8 Å². The SMILES string of the molecule is CCC1NC(CC(C)C)C(=O)N1C1CC1. The van der Waals surface area contributed by atoms with Crippen LogP contribution in [0.1, 0.15) is 46.5 Å². The molecule has 1 saturated carbocycles. The van der Waals surface area contributed by atoms with Crippen molar-refractivity contribution in [1.29, 1.82) is 0 Å². The van der Waals surface area contributed by atoms with Gasteiger partial charge in [0.05, 0.1) is 12.2 Å². The molecule has 0 spiro atoms. The van der Waals surface area contributed by atoms with E-state index in [-0.39, 0.29) is 6.04 Å².